The Hall–Kier alpha value is -0.310. The van der Waals surface area contributed by atoms with Crippen molar-refractivity contribution in [2.45, 2.75) is 25.8 Å². The zero-order chi connectivity index (χ0) is 9.59. The standard InChI is InChI=1S/C10H14BrNO/c1-6-3-9-8(5-11)7(6)4-10(13)12(9)2/h5-7,9H,3-4H2,1-2H3/b8-5+/t6-,7+,9-/m1/s1. The van der Waals surface area contributed by atoms with Gasteiger partial charge in [-0.3, -0.25) is 4.79 Å². The first-order valence-corrected chi connectivity index (χ1v) is 5.62. The highest BCUT2D eigenvalue weighted by Gasteiger charge is 2.44. The molecule has 3 heteroatoms. The molecular formula is C10H14BrNO. The predicted octanol–water partition coefficient (Wildman–Crippen LogP) is 2.15. The Morgan fingerprint density at radius 2 is 2.31 bits per heavy atom. The fourth-order valence-corrected chi connectivity index (χ4v) is 3.23. The summed E-state index contributed by atoms with van der Waals surface area (Å²) < 4.78 is 0. The van der Waals surface area contributed by atoms with Crippen LogP contribution in [0.4, 0.5) is 0 Å². The van der Waals surface area contributed by atoms with E-state index in [4.69, 9.17) is 0 Å². The summed E-state index contributed by atoms with van der Waals surface area (Å²) in [5, 5.41) is 0. The maximum absolute atomic E-state index is 11.5. The number of piperidine rings is 1. The van der Waals surface area contributed by atoms with Crippen LogP contribution in [0.5, 0.6) is 0 Å². The van der Waals surface area contributed by atoms with Crippen LogP contribution in [0.15, 0.2) is 10.6 Å². The maximum Gasteiger partial charge on any atom is 0.223 e. The number of nitrogens with zero attached hydrogens (tertiary/aromatic N) is 1. The first-order valence-electron chi connectivity index (χ1n) is 4.71. The van der Waals surface area contributed by atoms with Crippen LogP contribution in [0.1, 0.15) is 19.8 Å². The average Bonchev–Trinajstić information content (AvgIpc) is 2.36. The lowest BCUT2D eigenvalue weighted by Gasteiger charge is -2.32. The van der Waals surface area contributed by atoms with E-state index in [0.29, 0.717) is 30.2 Å². The van der Waals surface area contributed by atoms with Gasteiger partial charge in [-0.2, -0.15) is 0 Å². The Morgan fingerprint density at radius 1 is 1.62 bits per heavy atom. The summed E-state index contributed by atoms with van der Waals surface area (Å²) in [6.07, 6.45) is 1.83. The number of fused-ring (bicyclic) bond motifs is 2. The van der Waals surface area contributed by atoms with Gasteiger partial charge >= 0.3 is 0 Å². The van der Waals surface area contributed by atoms with Gasteiger partial charge in [0.1, 0.15) is 0 Å². The number of amides is 1. The average molecular weight is 244 g/mol. The van der Waals surface area contributed by atoms with Crippen LogP contribution < -0.4 is 0 Å². The molecule has 1 saturated heterocycles. The predicted molar refractivity (Wildman–Crippen MR) is 55.5 cm³/mol. The van der Waals surface area contributed by atoms with Crippen LogP contribution in [-0.4, -0.2) is 23.9 Å². The Labute approximate surface area is 87.1 Å². The van der Waals surface area contributed by atoms with Gasteiger partial charge in [-0.05, 0) is 28.8 Å². The van der Waals surface area contributed by atoms with Gasteiger partial charge < -0.3 is 4.90 Å². The summed E-state index contributed by atoms with van der Waals surface area (Å²) >= 11 is 3.41. The van der Waals surface area contributed by atoms with E-state index in [9.17, 15) is 4.79 Å². The van der Waals surface area contributed by atoms with Crippen molar-refractivity contribution in [2.24, 2.45) is 11.8 Å². The van der Waals surface area contributed by atoms with Crippen molar-refractivity contribution in [1.29, 1.82) is 0 Å². The highest BCUT2D eigenvalue weighted by Crippen LogP contribution is 2.45. The van der Waals surface area contributed by atoms with E-state index < -0.39 is 0 Å². The van der Waals surface area contributed by atoms with Crippen molar-refractivity contribution in [3.05, 3.63) is 10.6 Å². The molecule has 2 fully saturated rings. The van der Waals surface area contributed by atoms with Crippen molar-refractivity contribution in [2.75, 3.05) is 7.05 Å². The molecule has 3 atom stereocenters. The van der Waals surface area contributed by atoms with Crippen LogP contribution in [0.2, 0.25) is 0 Å². The van der Waals surface area contributed by atoms with Gasteiger partial charge in [0, 0.05) is 13.5 Å². The minimum atomic E-state index is 0.303. The summed E-state index contributed by atoms with van der Waals surface area (Å²) in [5.74, 6) is 1.45. The molecule has 2 aliphatic rings. The molecule has 1 heterocycles. The SMILES string of the molecule is C[C@@H]1C[C@@H]2/C(=C/Br)[C@H]1CC(=O)N2C. The van der Waals surface area contributed by atoms with Gasteiger partial charge in [0.15, 0.2) is 0 Å². The van der Waals surface area contributed by atoms with Crippen LogP contribution in [0.25, 0.3) is 0 Å². The molecule has 72 valence electrons. The normalized spacial score (nSPS) is 41.8. The lowest BCUT2D eigenvalue weighted by atomic mass is 9.89. The van der Waals surface area contributed by atoms with E-state index >= 15 is 0 Å². The van der Waals surface area contributed by atoms with E-state index in [-0.39, 0.29) is 0 Å². The molecule has 0 spiro atoms. The molecule has 2 nitrogen and oxygen atoms in total. The van der Waals surface area contributed by atoms with Gasteiger partial charge in [-0.1, -0.05) is 22.9 Å². The number of carbonyl (C=O) groups excluding carboxylic acids is 1. The van der Waals surface area contributed by atoms with E-state index in [2.05, 4.69) is 22.9 Å². The molecule has 0 aromatic rings. The maximum atomic E-state index is 11.5. The minimum absolute atomic E-state index is 0.303. The van der Waals surface area contributed by atoms with Gasteiger partial charge in [0.05, 0.1) is 6.04 Å². The smallest absolute Gasteiger partial charge is 0.223 e. The molecule has 13 heavy (non-hydrogen) atoms. The number of hydrogen-bond donors (Lipinski definition) is 0. The van der Waals surface area contributed by atoms with Crippen molar-refractivity contribution in [1.82, 2.24) is 4.90 Å². The van der Waals surface area contributed by atoms with Gasteiger partial charge in [0.25, 0.3) is 0 Å². The summed E-state index contributed by atoms with van der Waals surface area (Å²) in [5.41, 5.74) is 1.41. The Kier molecular flexibility index (Phi) is 2.22. The van der Waals surface area contributed by atoms with Crippen LogP contribution in [0, 0.1) is 11.8 Å². The number of carbonyl (C=O) groups is 1. The third kappa shape index (κ3) is 1.25. The molecule has 0 unspecified atom stereocenters. The number of rotatable bonds is 0. The first kappa shape index (κ1) is 9.25. The molecule has 0 aromatic carbocycles. The lowest BCUT2D eigenvalue weighted by molar-refractivity contribution is -0.132. The number of likely N-dealkylation sites (tertiary alicyclic amines) is 1. The van der Waals surface area contributed by atoms with Crippen molar-refractivity contribution >= 4 is 21.8 Å². The van der Waals surface area contributed by atoms with E-state index in [0.717, 1.165) is 6.42 Å². The van der Waals surface area contributed by atoms with Gasteiger partial charge in [0.2, 0.25) is 5.91 Å². The topological polar surface area (TPSA) is 20.3 Å². The van der Waals surface area contributed by atoms with Gasteiger partial charge in [-0.15, -0.1) is 0 Å². The second-order valence-corrected chi connectivity index (χ2v) is 4.61. The molecule has 1 aliphatic heterocycles. The fourth-order valence-electron chi connectivity index (χ4n) is 2.59. The molecule has 0 aromatic heterocycles. The molecular weight excluding hydrogens is 230 g/mol. The number of halogens is 1. The van der Waals surface area contributed by atoms with E-state index in [1.165, 1.54) is 5.57 Å². The monoisotopic (exact) mass is 243 g/mol. The summed E-state index contributed by atoms with van der Waals surface area (Å²) in [7, 11) is 1.91. The first-order chi connectivity index (χ1) is 6.15. The lowest BCUT2D eigenvalue weighted by Crippen LogP contribution is -2.40. The number of likely N-dealkylation sites (N-methyl/N-ethyl adjacent to an activating group) is 1. The molecule has 0 N–H and O–H groups in total. The molecule has 1 saturated carbocycles. The highest BCUT2D eigenvalue weighted by molar-refractivity contribution is 9.11. The van der Waals surface area contributed by atoms with Crippen molar-refractivity contribution < 1.29 is 4.79 Å². The third-order valence-corrected chi connectivity index (χ3v) is 4.00. The van der Waals surface area contributed by atoms with E-state index in [1.807, 2.05) is 16.9 Å². The minimum Gasteiger partial charge on any atom is -0.339 e. The molecule has 2 rings (SSSR count). The summed E-state index contributed by atoms with van der Waals surface area (Å²) in [6, 6.07) is 0.362. The Bertz CT molecular complexity index is 274. The zero-order valence-corrected chi connectivity index (χ0v) is 9.54. The fraction of sp³-hybridized carbons (Fsp3) is 0.700. The van der Waals surface area contributed by atoms with Crippen LogP contribution in [0.3, 0.4) is 0 Å². The van der Waals surface area contributed by atoms with E-state index in [1.54, 1.807) is 0 Å². The van der Waals surface area contributed by atoms with Crippen LogP contribution >= 0.6 is 15.9 Å². The molecule has 2 bridgehead atoms. The molecule has 1 amide bonds. The van der Waals surface area contributed by atoms with Crippen molar-refractivity contribution in [3.8, 4) is 0 Å². The number of hydrogen-bond acceptors (Lipinski definition) is 1. The quantitative estimate of drug-likeness (QED) is 0.639. The molecule has 0 radical (unpaired) electrons. The van der Waals surface area contributed by atoms with Crippen molar-refractivity contribution in [3.63, 3.8) is 0 Å². The Balaban J connectivity index is 2.35. The largest absolute Gasteiger partial charge is 0.339 e. The molecule has 1 aliphatic carbocycles. The summed E-state index contributed by atoms with van der Waals surface area (Å²) in [4.78, 5) is 15.5. The third-order valence-electron chi connectivity index (χ3n) is 3.48. The highest BCUT2D eigenvalue weighted by atomic mass is 79.9. The second-order valence-electron chi connectivity index (χ2n) is 4.15. The second kappa shape index (κ2) is 3.12. The van der Waals surface area contributed by atoms with Gasteiger partial charge in [-0.25, -0.2) is 0 Å². The zero-order valence-electron chi connectivity index (χ0n) is 7.96. The van der Waals surface area contributed by atoms with Crippen LogP contribution in [-0.2, 0) is 4.79 Å². The Morgan fingerprint density at radius 3 is 2.92 bits per heavy atom. The summed E-state index contributed by atoms with van der Waals surface area (Å²) in [6.45, 7) is 2.24.